The van der Waals surface area contributed by atoms with Crippen LogP contribution in [0.25, 0.3) is 0 Å². The van der Waals surface area contributed by atoms with E-state index >= 15 is 0 Å². The number of rotatable bonds is 5. The fourth-order valence-electron chi connectivity index (χ4n) is 2.18. The highest BCUT2D eigenvalue weighted by Crippen LogP contribution is 2.33. The summed E-state index contributed by atoms with van der Waals surface area (Å²) in [6.07, 6.45) is 1.24. The molecule has 0 amide bonds. The lowest BCUT2D eigenvalue weighted by atomic mass is 10.2. The zero-order valence-corrected chi connectivity index (χ0v) is 12.1. The van der Waals surface area contributed by atoms with Crippen molar-refractivity contribution in [3.8, 4) is 11.5 Å². The molecule has 0 saturated carbocycles. The number of nitrogens with one attached hydrogen (secondary N) is 1. The largest absolute Gasteiger partial charge is 0.497 e. The summed E-state index contributed by atoms with van der Waals surface area (Å²) in [6, 6.07) is 6.05. The van der Waals surface area contributed by atoms with Crippen molar-refractivity contribution in [2.24, 2.45) is 0 Å². The third-order valence-electron chi connectivity index (χ3n) is 3.53. The van der Waals surface area contributed by atoms with Gasteiger partial charge in [0.2, 0.25) is 0 Å². The normalized spacial score (nSPS) is 17.1. The van der Waals surface area contributed by atoms with Crippen LogP contribution in [0.2, 0.25) is 0 Å². The number of piperazine rings is 1. The van der Waals surface area contributed by atoms with Gasteiger partial charge in [-0.1, -0.05) is 6.92 Å². The first-order valence-electron chi connectivity index (χ1n) is 7.05. The van der Waals surface area contributed by atoms with Crippen molar-refractivity contribution in [2.75, 3.05) is 38.2 Å². The Morgan fingerprint density at radius 1 is 1.32 bits per heavy atom. The number of hydrogen-bond acceptors (Lipinski definition) is 4. The summed E-state index contributed by atoms with van der Waals surface area (Å²) in [5.74, 6) is 1.84. The molecule has 19 heavy (non-hydrogen) atoms. The summed E-state index contributed by atoms with van der Waals surface area (Å²) < 4.78 is 11.4. The lowest BCUT2D eigenvalue weighted by Crippen LogP contribution is -2.43. The summed E-state index contributed by atoms with van der Waals surface area (Å²) in [5, 5.41) is 3.37. The Labute approximate surface area is 115 Å². The molecule has 4 nitrogen and oxygen atoms in total. The van der Waals surface area contributed by atoms with Gasteiger partial charge in [0.1, 0.15) is 11.5 Å². The van der Waals surface area contributed by atoms with Crippen LogP contribution in [0.3, 0.4) is 0 Å². The third kappa shape index (κ3) is 3.53. The van der Waals surface area contributed by atoms with Gasteiger partial charge in [-0.25, -0.2) is 0 Å². The number of anilines is 1. The topological polar surface area (TPSA) is 33.7 Å². The molecule has 1 aromatic carbocycles. The molecular formula is C15H24N2O2. The minimum absolute atomic E-state index is 0.232. The molecule has 1 atom stereocenters. The van der Waals surface area contributed by atoms with Gasteiger partial charge in [0.25, 0.3) is 0 Å². The van der Waals surface area contributed by atoms with Crippen molar-refractivity contribution in [3.05, 3.63) is 18.2 Å². The molecule has 0 bridgehead atoms. The Hall–Kier alpha value is -1.42. The minimum Gasteiger partial charge on any atom is -0.497 e. The van der Waals surface area contributed by atoms with Crippen LogP contribution in [0.5, 0.6) is 11.5 Å². The smallest absolute Gasteiger partial charge is 0.143 e. The van der Waals surface area contributed by atoms with Crippen molar-refractivity contribution in [1.29, 1.82) is 0 Å². The summed E-state index contributed by atoms with van der Waals surface area (Å²) >= 11 is 0. The molecule has 1 aromatic rings. The van der Waals surface area contributed by atoms with Crippen molar-refractivity contribution in [3.63, 3.8) is 0 Å². The number of methoxy groups -OCH3 is 1. The minimum atomic E-state index is 0.232. The van der Waals surface area contributed by atoms with E-state index in [0.29, 0.717) is 0 Å². The van der Waals surface area contributed by atoms with Gasteiger partial charge in [0.05, 0.1) is 18.9 Å². The predicted molar refractivity (Wildman–Crippen MR) is 78.5 cm³/mol. The molecule has 1 aliphatic heterocycles. The Bertz CT molecular complexity index is 403. The number of ether oxygens (including phenoxy) is 2. The van der Waals surface area contributed by atoms with E-state index < -0.39 is 0 Å². The van der Waals surface area contributed by atoms with E-state index in [1.54, 1.807) is 7.11 Å². The average molecular weight is 264 g/mol. The van der Waals surface area contributed by atoms with Gasteiger partial charge in [-0.3, -0.25) is 0 Å². The molecule has 2 rings (SSSR count). The van der Waals surface area contributed by atoms with Crippen LogP contribution in [-0.2, 0) is 0 Å². The van der Waals surface area contributed by atoms with Crippen LogP contribution in [0.1, 0.15) is 20.3 Å². The molecule has 1 unspecified atom stereocenters. The molecule has 1 heterocycles. The van der Waals surface area contributed by atoms with E-state index in [4.69, 9.17) is 9.47 Å². The number of benzene rings is 1. The standard InChI is InChI=1S/C15H24N2O2/c1-4-12(2)19-15-6-5-13(18-3)11-14(15)17-9-7-16-8-10-17/h5-6,11-12,16H,4,7-10H2,1-3H3. The van der Waals surface area contributed by atoms with Crippen LogP contribution in [-0.4, -0.2) is 39.4 Å². The highest BCUT2D eigenvalue weighted by atomic mass is 16.5. The van der Waals surface area contributed by atoms with E-state index in [0.717, 1.165) is 49.8 Å². The molecule has 1 saturated heterocycles. The molecule has 106 valence electrons. The first-order valence-corrected chi connectivity index (χ1v) is 7.05. The first-order chi connectivity index (χ1) is 9.24. The zero-order chi connectivity index (χ0) is 13.7. The molecule has 0 radical (unpaired) electrons. The van der Waals surface area contributed by atoms with Crippen molar-refractivity contribution < 1.29 is 9.47 Å². The quantitative estimate of drug-likeness (QED) is 0.884. The SMILES string of the molecule is CCC(C)Oc1ccc(OC)cc1N1CCNCC1. The van der Waals surface area contributed by atoms with E-state index in [2.05, 4.69) is 30.1 Å². The summed E-state index contributed by atoms with van der Waals surface area (Å²) in [7, 11) is 1.70. The molecule has 0 spiro atoms. The molecule has 1 N–H and O–H groups in total. The van der Waals surface area contributed by atoms with Gasteiger partial charge >= 0.3 is 0 Å². The fraction of sp³-hybridized carbons (Fsp3) is 0.600. The molecule has 1 fully saturated rings. The van der Waals surface area contributed by atoms with Crippen LogP contribution in [0.15, 0.2) is 18.2 Å². The van der Waals surface area contributed by atoms with E-state index in [-0.39, 0.29) is 6.10 Å². The van der Waals surface area contributed by atoms with Crippen LogP contribution < -0.4 is 19.7 Å². The fourth-order valence-corrected chi connectivity index (χ4v) is 2.18. The predicted octanol–water partition coefficient (Wildman–Crippen LogP) is 2.28. The monoisotopic (exact) mass is 264 g/mol. The van der Waals surface area contributed by atoms with Crippen molar-refractivity contribution >= 4 is 5.69 Å². The van der Waals surface area contributed by atoms with Gasteiger partial charge in [0.15, 0.2) is 0 Å². The van der Waals surface area contributed by atoms with E-state index in [9.17, 15) is 0 Å². The second kappa shape index (κ2) is 6.66. The lowest BCUT2D eigenvalue weighted by Gasteiger charge is -2.31. The summed E-state index contributed by atoms with van der Waals surface area (Å²) in [4.78, 5) is 2.36. The van der Waals surface area contributed by atoms with Gasteiger partial charge < -0.3 is 19.7 Å². The Kier molecular flexibility index (Phi) is 4.91. The average Bonchev–Trinajstić information content (AvgIpc) is 2.48. The Morgan fingerprint density at radius 2 is 2.05 bits per heavy atom. The highest BCUT2D eigenvalue weighted by Gasteiger charge is 2.17. The second-order valence-electron chi connectivity index (χ2n) is 4.91. The van der Waals surface area contributed by atoms with Gasteiger partial charge in [-0.15, -0.1) is 0 Å². The first kappa shape index (κ1) is 14.0. The van der Waals surface area contributed by atoms with Crippen LogP contribution in [0.4, 0.5) is 5.69 Å². The van der Waals surface area contributed by atoms with Crippen molar-refractivity contribution in [2.45, 2.75) is 26.4 Å². The number of hydrogen-bond donors (Lipinski definition) is 1. The second-order valence-corrected chi connectivity index (χ2v) is 4.91. The zero-order valence-electron chi connectivity index (χ0n) is 12.1. The molecular weight excluding hydrogens is 240 g/mol. The Morgan fingerprint density at radius 3 is 2.68 bits per heavy atom. The van der Waals surface area contributed by atoms with Crippen LogP contribution in [0, 0.1) is 0 Å². The van der Waals surface area contributed by atoms with E-state index in [1.807, 2.05) is 12.1 Å². The van der Waals surface area contributed by atoms with E-state index in [1.165, 1.54) is 0 Å². The summed E-state index contributed by atoms with van der Waals surface area (Å²) in [6.45, 7) is 8.28. The third-order valence-corrected chi connectivity index (χ3v) is 3.53. The van der Waals surface area contributed by atoms with Gasteiger partial charge in [-0.2, -0.15) is 0 Å². The molecule has 1 aliphatic rings. The maximum absolute atomic E-state index is 6.03. The van der Waals surface area contributed by atoms with Gasteiger partial charge in [-0.05, 0) is 25.5 Å². The maximum atomic E-state index is 6.03. The molecule has 0 aliphatic carbocycles. The molecule has 4 heteroatoms. The molecule has 0 aromatic heterocycles. The number of nitrogens with zero attached hydrogens (tertiary/aromatic N) is 1. The highest BCUT2D eigenvalue weighted by molar-refractivity contribution is 5.62. The van der Waals surface area contributed by atoms with Crippen molar-refractivity contribution in [1.82, 2.24) is 5.32 Å². The maximum Gasteiger partial charge on any atom is 0.143 e. The van der Waals surface area contributed by atoms with Crippen LogP contribution >= 0.6 is 0 Å². The Balaban J connectivity index is 2.24. The summed E-state index contributed by atoms with van der Waals surface area (Å²) in [5.41, 5.74) is 1.14. The lowest BCUT2D eigenvalue weighted by molar-refractivity contribution is 0.217. The van der Waals surface area contributed by atoms with Gasteiger partial charge in [0, 0.05) is 32.2 Å².